The van der Waals surface area contributed by atoms with Crippen LogP contribution in [0.1, 0.15) is 220 Å². The van der Waals surface area contributed by atoms with Gasteiger partial charge in [-0.05, 0) is 186 Å². The Labute approximate surface area is 472 Å². The second kappa shape index (κ2) is 27.9. The highest BCUT2D eigenvalue weighted by Crippen LogP contribution is 2.60. The molecule has 0 aromatic heterocycles. The van der Waals surface area contributed by atoms with Crippen molar-refractivity contribution in [3.8, 4) is 0 Å². The van der Waals surface area contributed by atoms with E-state index in [4.69, 9.17) is 9.05 Å². The van der Waals surface area contributed by atoms with E-state index in [2.05, 4.69) is 58.9 Å². The van der Waals surface area contributed by atoms with E-state index < -0.39 is 40.9 Å². The summed E-state index contributed by atoms with van der Waals surface area (Å²) in [5.74, 6) is -0.491. The van der Waals surface area contributed by atoms with Crippen molar-refractivity contribution in [2.45, 2.75) is 260 Å². The van der Waals surface area contributed by atoms with Gasteiger partial charge in [-0.2, -0.15) is 25.3 Å². The Hall–Kier alpha value is -2.96. The first-order valence-corrected chi connectivity index (χ1v) is 29.7. The Balaban J connectivity index is 0.000000346. The van der Waals surface area contributed by atoms with E-state index in [1.165, 1.54) is 26.7 Å². The largest absolute Gasteiger partial charge is 0.393 e. The van der Waals surface area contributed by atoms with Gasteiger partial charge in [0.15, 0.2) is 0 Å². The van der Waals surface area contributed by atoms with Crippen LogP contribution in [0.25, 0.3) is 0 Å². The fourth-order valence-electron chi connectivity index (χ4n) is 11.3. The minimum Gasteiger partial charge on any atom is -0.393 e. The molecule has 3 aromatic rings. The maximum absolute atomic E-state index is 13.0. The van der Waals surface area contributed by atoms with Crippen LogP contribution < -0.4 is 0 Å². The molecule has 78 heavy (non-hydrogen) atoms. The van der Waals surface area contributed by atoms with Crippen molar-refractivity contribution >= 4 is 13.4 Å². The molecular weight excluding hydrogens is 1010 g/mol. The van der Waals surface area contributed by atoms with Crippen LogP contribution in [0.4, 0.5) is 0 Å². The first-order valence-electron chi connectivity index (χ1n) is 28.1. The van der Waals surface area contributed by atoms with Crippen LogP contribution in [-0.4, -0.2) is 126 Å². The molecule has 446 valence electrons. The number of aliphatic hydroxyl groups is 1. The van der Waals surface area contributed by atoms with E-state index in [0.717, 1.165) is 34.6 Å². The Morgan fingerprint density at radius 2 is 0.910 bits per heavy atom. The second-order valence-electron chi connectivity index (χ2n) is 27.5. The van der Waals surface area contributed by atoms with E-state index in [-0.39, 0.29) is 53.3 Å². The van der Waals surface area contributed by atoms with Gasteiger partial charge in [0, 0.05) is 51.6 Å². The van der Waals surface area contributed by atoms with Crippen LogP contribution in [0.3, 0.4) is 0 Å². The molecule has 0 saturated carbocycles. The number of nitrogens with zero attached hydrogens (tertiary/aromatic N) is 5. The van der Waals surface area contributed by atoms with Gasteiger partial charge in [-0.15, -0.1) is 0 Å². The number of carbonyl (C=O) groups is 1. The molecule has 2 atom stereocenters. The number of Topliss-reactive ketones (excluding diaryl/α,β-unsaturated/α-hetero) is 1. The van der Waals surface area contributed by atoms with Crippen LogP contribution in [0.5, 0.6) is 0 Å². The van der Waals surface area contributed by atoms with E-state index >= 15 is 0 Å². The Kier molecular flexibility index (Phi) is 25.4. The van der Waals surface area contributed by atoms with E-state index in [1.807, 2.05) is 171 Å². The van der Waals surface area contributed by atoms with Gasteiger partial charge >= 0.3 is 7.60 Å². The molecule has 6 rings (SSSR count). The summed E-state index contributed by atoms with van der Waals surface area (Å²) in [5.41, 5.74) is -0.00797. The van der Waals surface area contributed by atoms with Crippen molar-refractivity contribution in [3.63, 3.8) is 0 Å². The molecule has 0 spiro atoms. The first kappa shape index (κ1) is 71.1. The van der Waals surface area contributed by atoms with E-state index in [0.29, 0.717) is 25.7 Å². The van der Waals surface area contributed by atoms with Crippen molar-refractivity contribution in [3.05, 3.63) is 108 Å². The summed E-state index contributed by atoms with van der Waals surface area (Å²) in [4.78, 5) is 11.3. The van der Waals surface area contributed by atoms with Crippen LogP contribution in [0, 0.1) is 5.41 Å². The monoisotopic (exact) mass is 1110 g/mol. The summed E-state index contributed by atoms with van der Waals surface area (Å²) in [6, 6.07) is 30.2. The average Bonchev–Trinajstić information content (AvgIpc) is 3.31. The third kappa shape index (κ3) is 19.1. The molecule has 3 aliphatic rings. The maximum atomic E-state index is 13.0. The summed E-state index contributed by atoms with van der Waals surface area (Å²) in [7, 11) is -3.43. The minimum atomic E-state index is -3.43. The van der Waals surface area contributed by atoms with E-state index in [1.54, 1.807) is 13.8 Å². The molecule has 3 heterocycles. The number of ketones is 1. The summed E-state index contributed by atoms with van der Waals surface area (Å²) >= 11 is 0. The summed E-state index contributed by atoms with van der Waals surface area (Å²) in [6.07, 6.45) is 5.25. The van der Waals surface area contributed by atoms with Crippen molar-refractivity contribution in [2.24, 2.45) is 5.41 Å². The molecule has 15 nitrogen and oxygen atoms in total. The Bertz CT molecular complexity index is 2200. The number of hydrogen-bond donors (Lipinski definition) is 6. The molecule has 0 bridgehead atoms. The fraction of sp³-hybridized carbons (Fsp3) is 0.694. The van der Waals surface area contributed by atoms with Crippen LogP contribution in [-0.2, 0) is 23.9 Å². The molecule has 2 unspecified atom stereocenters. The third-order valence-electron chi connectivity index (χ3n) is 15.1. The summed E-state index contributed by atoms with van der Waals surface area (Å²) < 4.78 is 23.8. The first-order chi connectivity index (χ1) is 35.4. The Morgan fingerprint density at radius 3 is 1.23 bits per heavy atom. The lowest BCUT2D eigenvalue weighted by Gasteiger charge is -2.50. The van der Waals surface area contributed by atoms with Crippen molar-refractivity contribution in [1.82, 2.24) is 25.3 Å². The number of piperidine rings is 3. The molecule has 0 aliphatic carbocycles. The molecule has 0 radical (unpaired) electrons. The van der Waals surface area contributed by atoms with Crippen LogP contribution >= 0.6 is 7.60 Å². The van der Waals surface area contributed by atoms with Gasteiger partial charge in [-0.1, -0.05) is 112 Å². The predicted octanol–water partition coefficient (Wildman–Crippen LogP) is 14.9. The molecule has 3 fully saturated rings. The summed E-state index contributed by atoms with van der Waals surface area (Å²) in [5, 5.41) is 67.4. The van der Waals surface area contributed by atoms with Crippen LogP contribution in [0.2, 0.25) is 0 Å². The normalized spacial score (nSPS) is 21.3. The number of hydroxylamine groups is 10. The topological polar surface area (TPSA) is 190 Å². The van der Waals surface area contributed by atoms with Crippen molar-refractivity contribution in [1.29, 1.82) is 0 Å². The molecule has 0 amide bonds. The van der Waals surface area contributed by atoms with Crippen molar-refractivity contribution in [2.75, 3.05) is 13.2 Å². The molecule has 16 heteroatoms. The molecule has 3 aromatic carbocycles. The quantitative estimate of drug-likeness (QED) is 0.0785. The average molecular weight is 1110 g/mol. The van der Waals surface area contributed by atoms with Crippen molar-refractivity contribution < 1.29 is 49.5 Å². The highest BCUT2D eigenvalue weighted by molar-refractivity contribution is 7.54. The number of carbonyl (C=O) groups excluding carboxylic acids is 1. The lowest BCUT2D eigenvalue weighted by molar-refractivity contribution is -0.257. The molecule has 3 aliphatic heterocycles. The minimum absolute atomic E-state index is 0.0399. The second-order valence-corrected chi connectivity index (χ2v) is 29.6. The lowest BCUT2D eigenvalue weighted by Crippen LogP contribution is -2.60. The van der Waals surface area contributed by atoms with Gasteiger partial charge in [0.2, 0.25) is 0 Å². The van der Waals surface area contributed by atoms with Gasteiger partial charge < -0.3 is 40.2 Å². The van der Waals surface area contributed by atoms with Gasteiger partial charge in [0.05, 0.1) is 30.9 Å². The fourth-order valence-corrected chi connectivity index (χ4v) is 13.9. The number of benzene rings is 3. The zero-order chi connectivity index (χ0) is 60.3. The molecule has 6 N–H and O–H groups in total. The highest BCUT2D eigenvalue weighted by atomic mass is 31.2. The molecular formula is C62H108N5O10P. The number of rotatable bonds is 11. The standard InChI is InChI=1S/C22H23NO.C13H30NO4P.C9H19NO2.C9H17NO2.C9H19NO/c1-18(19-12-6-3-7-13-19)23(24)22(2,20-14-8-4-9-15-20)21-16-10-5-11-17-21;1-9-17-19(16,18-10-2)11(12(3,4)5)14(15)13(6,7)8;2*1-8(2)5-7(11)6-9(3,4)10(8)12;1-8(2)6-5-7-9(3,4)10(8)11/h3-18,24H,1-2H3;11,15H,9-10H2,1-8H3;7,11-12H,5-6H2,1-4H3;12H,5-6H2,1-4H3;11H,5-7H2,1-4H3. The predicted molar refractivity (Wildman–Crippen MR) is 314 cm³/mol. The lowest BCUT2D eigenvalue weighted by atomic mass is 9.80. The SMILES string of the molecule is CC(c1ccccc1)N(O)C(C)(c1ccccc1)c1ccccc1.CC1(C)CC(=O)CC(C)(C)N1O.CC1(C)CC(O)CC(C)(C)N1O.CC1(C)CCCC(C)(C)N1O.CCOP(=O)(OCC)C(N(O)C(C)(C)C)C(C)(C)C. The maximum Gasteiger partial charge on any atom is 0.350 e. The number of aliphatic hydroxyl groups excluding tert-OH is 1. The highest BCUT2D eigenvalue weighted by Gasteiger charge is 2.51. The number of hydrogen-bond acceptors (Lipinski definition) is 15. The van der Waals surface area contributed by atoms with Gasteiger partial charge in [0.25, 0.3) is 0 Å². The van der Waals surface area contributed by atoms with Gasteiger partial charge in [0.1, 0.15) is 11.6 Å². The van der Waals surface area contributed by atoms with E-state index in [9.17, 15) is 40.5 Å². The van der Waals surface area contributed by atoms with Gasteiger partial charge in [-0.3, -0.25) is 9.36 Å². The zero-order valence-corrected chi connectivity index (χ0v) is 53.2. The Morgan fingerprint density at radius 1 is 0.577 bits per heavy atom. The van der Waals surface area contributed by atoms with Gasteiger partial charge in [-0.25, -0.2) is 0 Å². The van der Waals surface area contributed by atoms with Crippen LogP contribution in [0.15, 0.2) is 91.0 Å². The third-order valence-corrected chi connectivity index (χ3v) is 18.0. The zero-order valence-electron chi connectivity index (χ0n) is 52.3. The molecule has 3 saturated heterocycles. The summed E-state index contributed by atoms with van der Waals surface area (Å²) in [6.45, 7) is 43.2. The smallest absolute Gasteiger partial charge is 0.350 e.